The highest BCUT2D eigenvalue weighted by molar-refractivity contribution is 7.98. The molecule has 3 aromatic rings. The van der Waals surface area contributed by atoms with Crippen LogP contribution in [0, 0.1) is 0 Å². The molecule has 0 bridgehead atoms. The summed E-state index contributed by atoms with van der Waals surface area (Å²) in [6.45, 7) is 3.50. The van der Waals surface area contributed by atoms with Crippen LogP contribution in [0.5, 0.6) is 17.2 Å². The van der Waals surface area contributed by atoms with Crippen molar-refractivity contribution >= 4 is 33.4 Å². The van der Waals surface area contributed by atoms with Gasteiger partial charge in [0.05, 0.1) is 37.5 Å². The van der Waals surface area contributed by atoms with Crippen LogP contribution in [0.2, 0.25) is 0 Å². The number of carbonyl (C=O) groups is 1. The molecule has 10 heteroatoms. The van der Waals surface area contributed by atoms with Crippen molar-refractivity contribution in [2.75, 3.05) is 37.9 Å². The van der Waals surface area contributed by atoms with Crippen LogP contribution in [0.1, 0.15) is 25.5 Å². The predicted molar refractivity (Wildman–Crippen MR) is 146 cm³/mol. The third kappa shape index (κ3) is 6.69. The Morgan fingerprint density at radius 3 is 2.32 bits per heavy atom. The zero-order valence-electron chi connectivity index (χ0n) is 21.6. The Hall–Kier alpha value is -3.37. The number of hydrogen-bond donors (Lipinski definition) is 1. The Labute approximate surface area is 223 Å². The molecule has 0 saturated carbocycles. The number of thioether (sulfide) groups is 1. The first-order valence-electron chi connectivity index (χ1n) is 11.6. The molecule has 0 saturated heterocycles. The van der Waals surface area contributed by atoms with Gasteiger partial charge in [-0.05, 0) is 74.7 Å². The minimum Gasteiger partial charge on any atom is -0.497 e. The highest BCUT2D eigenvalue weighted by Crippen LogP contribution is 2.33. The Balaban J connectivity index is 1.97. The van der Waals surface area contributed by atoms with E-state index in [0.29, 0.717) is 29.4 Å². The average Bonchev–Trinajstić information content (AvgIpc) is 2.91. The van der Waals surface area contributed by atoms with E-state index in [1.54, 1.807) is 87.9 Å². The number of nitrogens with one attached hydrogen (secondary N) is 1. The molecule has 1 N–H and O–H groups in total. The molecule has 0 aliphatic heterocycles. The van der Waals surface area contributed by atoms with Gasteiger partial charge in [-0.3, -0.25) is 9.10 Å². The summed E-state index contributed by atoms with van der Waals surface area (Å²) in [7, 11) is -1.00. The smallest absolute Gasteiger partial charge is 0.264 e. The fourth-order valence-corrected chi connectivity index (χ4v) is 5.63. The summed E-state index contributed by atoms with van der Waals surface area (Å²) in [5.41, 5.74) is 0.979. The first-order valence-corrected chi connectivity index (χ1v) is 14.3. The van der Waals surface area contributed by atoms with Gasteiger partial charge in [0.1, 0.15) is 23.8 Å². The highest BCUT2D eigenvalue weighted by Gasteiger charge is 2.30. The molecule has 0 aliphatic carbocycles. The largest absolute Gasteiger partial charge is 0.497 e. The fourth-order valence-electron chi connectivity index (χ4n) is 3.79. The summed E-state index contributed by atoms with van der Waals surface area (Å²) < 4.78 is 45.2. The molecular weight excluding hydrogens is 512 g/mol. The lowest BCUT2D eigenvalue weighted by Crippen LogP contribution is -2.41. The number of rotatable bonds is 12. The summed E-state index contributed by atoms with van der Waals surface area (Å²) >= 11 is 1.51. The molecule has 1 unspecified atom stereocenters. The van der Waals surface area contributed by atoms with Gasteiger partial charge >= 0.3 is 0 Å². The van der Waals surface area contributed by atoms with Crippen molar-refractivity contribution in [1.82, 2.24) is 5.32 Å². The zero-order chi connectivity index (χ0) is 27.0. The second-order valence-electron chi connectivity index (χ2n) is 7.99. The molecular formula is C27H32N2O6S2. The number of para-hydroxylation sites is 2. The van der Waals surface area contributed by atoms with E-state index >= 15 is 0 Å². The van der Waals surface area contributed by atoms with E-state index in [2.05, 4.69) is 5.32 Å². The van der Waals surface area contributed by atoms with E-state index in [9.17, 15) is 13.2 Å². The second-order valence-corrected chi connectivity index (χ2v) is 10.7. The summed E-state index contributed by atoms with van der Waals surface area (Å²) in [6.07, 6.45) is 1.91. The SMILES string of the molecule is CCOc1ccccc1N(CC(=O)NC(C)c1cc(OC)ccc1OC)S(=O)(=O)c1ccc(SC)cc1. The maximum atomic E-state index is 13.8. The number of hydrogen-bond acceptors (Lipinski definition) is 7. The van der Waals surface area contributed by atoms with Crippen molar-refractivity contribution in [3.8, 4) is 17.2 Å². The van der Waals surface area contributed by atoms with Crippen molar-refractivity contribution < 1.29 is 27.4 Å². The van der Waals surface area contributed by atoms with Crippen molar-refractivity contribution in [3.63, 3.8) is 0 Å². The van der Waals surface area contributed by atoms with Crippen LogP contribution in [-0.4, -0.2) is 48.0 Å². The van der Waals surface area contributed by atoms with Crippen LogP contribution in [-0.2, 0) is 14.8 Å². The third-order valence-corrected chi connectivity index (χ3v) is 8.17. The average molecular weight is 545 g/mol. The van der Waals surface area contributed by atoms with Crippen molar-refractivity contribution in [3.05, 3.63) is 72.3 Å². The van der Waals surface area contributed by atoms with Gasteiger partial charge in [-0.25, -0.2) is 8.42 Å². The monoisotopic (exact) mass is 544 g/mol. The normalized spacial score (nSPS) is 11.9. The van der Waals surface area contributed by atoms with Crippen LogP contribution < -0.4 is 23.8 Å². The van der Waals surface area contributed by atoms with E-state index in [-0.39, 0.29) is 10.6 Å². The van der Waals surface area contributed by atoms with Crippen LogP contribution >= 0.6 is 11.8 Å². The molecule has 0 aromatic heterocycles. The van der Waals surface area contributed by atoms with Crippen LogP contribution in [0.4, 0.5) is 5.69 Å². The van der Waals surface area contributed by atoms with Gasteiger partial charge < -0.3 is 19.5 Å². The molecule has 8 nitrogen and oxygen atoms in total. The van der Waals surface area contributed by atoms with Crippen LogP contribution in [0.25, 0.3) is 0 Å². The van der Waals surface area contributed by atoms with Crippen LogP contribution in [0.3, 0.4) is 0 Å². The summed E-state index contributed by atoms with van der Waals surface area (Å²) in [4.78, 5) is 14.3. The molecule has 0 fully saturated rings. The molecule has 37 heavy (non-hydrogen) atoms. The Kier molecular flexibility index (Phi) is 9.71. The van der Waals surface area contributed by atoms with Crippen molar-refractivity contribution in [2.45, 2.75) is 29.7 Å². The minimum atomic E-state index is -4.10. The van der Waals surface area contributed by atoms with E-state index < -0.39 is 28.5 Å². The molecule has 1 atom stereocenters. The number of amides is 1. The summed E-state index contributed by atoms with van der Waals surface area (Å²) in [6, 6.07) is 18.1. The standard InChI is InChI=1S/C27H32N2O6S2/c1-6-35-26-10-8-7-9-24(26)29(37(31,32)22-14-12-21(36-5)13-15-22)18-27(30)28-19(2)23-17-20(33-3)11-16-25(23)34-4/h7-17,19H,6,18H2,1-5H3,(H,28,30). The maximum absolute atomic E-state index is 13.8. The topological polar surface area (TPSA) is 94.2 Å². The predicted octanol–water partition coefficient (Wildman–Crippen LogP) is 4.90. The molecule has 0 heterocycles. The van der Waals surface area contributed by atoms with Gasteiger partial charge in [0.15, 0.2) is 0 Å². The molecule has 0 radical (unpaired) electrons. The van der Waals surface area contributed by atoms with Crippen molar-refractivity contribution in [2.24, 2.45) is 0 Å². The number of ether oxygens (including phenoxy) is 3. The first kappa shape index (κ1) is 28.2. The Morgan fingerprint density at radius 2 is 1.70 bits per heavy atom. The van der Waals surface area contributed by atoms with Crippen LogP contribution in [0.15, 0.2) is 76.5 Å². The maximum Gasteiger partial charge on any atom is 0.264 e. The third-order valence-electron chi connectivity index (χ3n) is 5.65. The Bertz CT molecular complexity index is 1310. The number of nitrogens with zero attached hydrogens (tertiary/aromatic N) is 1. The quantitative estimate of drug-likeness (QED) is 0.324. The molecule has 0 spiro atoms. The highest BCUT2D eigenvalue weighted by atomic mass is 32.2. The summed E-state index contributed by atoms with van der Waals surface area (Å²) in [5, 5.41) is 2.89. The summed E-state index contributed by atoms with van der Waals surface area (Å²) in [5.74, 6) is 1.06. The fraction of sp³-hybridized carbons (Fsp3) is 0.296. The van der Waals surface area contributed by atoms with Gasteiger partial charge in [-0.15, -0.1) is 11.8 Å². The molecule has 3 aromatic carbocycles. The van der Waals surface area contributed by atoms with E-state index in [1.165, 1.54) is 11.8 Å². The van der Waals surface area contributed by atoms with Crippen molar-refractivity contribution in [1.29, 1.82) is 0 Å². The van der Waals surface area contributed by atoms with Gasteiger partial charge in [0.25, 0.3) is 10.0 Å². The molecule has 1 amide bonds. The van der Waals surface area contributed by atoms with Gasteiger partial charge in [0.2, 0.25) is 5.91 Å². The number of anilines is 1. The molecule has 3 rings (SSSR count). The lowest BCUT2D eigenvalue weighted by molar-refractivity contribution is -0.120. The zero-order valence-corrected chi connectivity index (χ0v) is 23.2. The van der Waals surface area contributed by atoms with E-state index in [4.69, 9.17) is 14.2 Å². The van der Waals surface area contributed by atoms with Gasteiger partial charge in [0, 0.05) is 10.5 Å². The lowest BCUT2D eigenvalue weighted by Gasteiger charge is -2.27. The van der Waals surface area contributed by atoms with Gasteiger partial charge in [-0.2, -0.15) is 0 Å². The van der Waals surface area contributed by atoms with Gasteiger partial charge in [-0.1, -0.05) is 12.1 Å². The second kappa shape index (κ2) is 12.7. The first-order chi connectivity index (χ1) is 17.7. The lowest BCUT2D eigenvalue weighted by atomic mass is 10.1. The molecule has 198 valence electrons. The number of sulfonamides is 1. The Morgan fingerprint density at radius 1 is 1.00 bits per heavy atom. The molecule has 0 aliphatic rings. The van der Waals surface area contributed by atoms with E-state index in [0.717, 1.165) is 9.20 Å². The number of methoxy groups -OCH3 is 2. The van der Waals surface area contributed by atoms with E-state index in [1.807, 2.05) is 13.2 Å². The number of benzene rings is 3. The number of carbonyl (C=O) groups excluding carboxylic acids is 1. The minimum absolute atomic E-state index is 0.0758.